The van der Waals surface area contributed by atoms with E-state index in [-0.39, 0.29) is 17.2 Å². The van der Waals surface area contributed by atoms with Crippen LogP contribution in [0.15, 0.2) is 6.07 Å². The van der Waals surface area contributed by atoms with Gasteiger partial charge in [0, 0.05) is 11.3 Å². The van der Waals surface area contributed by atoms with Crippen molar-refractivity contribution in [3.63, 3.8) is 0 Å². The number of nitrogens with zero attached hydrogens (tertiary/aromatic N) is 3. The molecule has 0 amide bonds. The van der Waals surface area contributed by atoms with E-state index < -0.39 is 5.82 Å². The largest absolute Gasteiger partial charge is 0.493 e. The second-order valence-corrected chi connectivity index (χ2v) is 6.31. The third-order valence-electron chi connectivity index (χ3n) is 4.99. The fourth-order valence-electron chi connectivity index (χ4n) is 3.48. The van der Waals surface area contributed by atoms with Gasteiger partial charge in [-0.15, -0.1) is 0 Å². The minimum atomic E-state index is -0.437. The van der Waals surface area contributed by atoms with Crippen LogP contribution < -0.4 is 10.5 Å². The van der Waals surface area contributed by atoms with E-state index >= 15 is 0 Å². The van der Waals surface area contributed by atoms with Gasteiger partial charge in [0.15, 0.2) is 11.6 Å². The molecule has 0 unspecified atom stereocenters. The first-order valence-corrected chi connectivity index (χ1v) is 8.63. The molecule has 1 saturated heterocycles. The van der Waals surface area contributed by atoms with Gasteiger partial charge in [0.2, 0.25) is 0 Å². The zero-order chi connectivity index (χ0) is 17.3. The van der Waals surface area contributed by atoms with E-state index in [0.717, 1.165) is 37.9 Å². The minimum Gasteiger partial charge on any atom is -0.493 e. The quantitative estimate of drug-likeness (QED) is 0.865. The lowest BCUT2D eigenvalue weighted by Gasteiger charge is -2.30. The van der Waals surface area contributed by atoms with E-state index in [1.54, 1.807) is 0 Å². The second kappa shape index (κ2) is 6.93. The summed E-state index contributed by atoms with van der Waals surface area (Å²) in [4.78, 5) is 11.4. The molecule has 1 fully saturated rings. The number of benzene rings is 1. The number of piperidine rings is 1. The van der Waals surface area contributed by atoms with Crippen LogP contribution in [0.1, 0.15) is 37.1 Å². The summed E-state index contributed by atoms with van der Waals surface area (Å²) in [6.07, 6.45) is 3.67. The Bertz CT molecular complexity index is 747. The number of methoxy groups -OCH3 is 1. The molecule has 1 aromatic heterocycles. The molecular weight excluding hydrogens is 306 g/mol. The van der Waals surface area contributed by atoms with Crippen molar-refractivity contribution in [3.8, 4) is 5.75 Å². The van der Waals surface area contributed by atoms with Gasteiger partial charge in [0.25, 0.3) is 0 Å². The van der Waals surface area contributed by atoms with Crippen LogP contribution in [0.4, 0.5) is 10.2 Å². The SMILES string of the molecule is BCN1CCC(c2nc(N)c3cc(CC)c(OC)c(F)c3n2)CC1. The monoisotopic (exact) mass is 330 g/mol. The third-order valence-corrected chi connectivity index (χ3v) is 4.99. The predicted octanol–water partition coefficient (Wildman–Crippen LogP) is 1.69. The molecule has 3 rings (SSSR count). The molecule has 5 nitrogen and oxygen atoms in total. The van der Waals surface area contributed by atoms with E-state index in [1.807, 2.05) is 13.0 Å². The number of hydrogen-bond acceptors (Lipinski definition) is 5. The Morgan fingerprint density at radius 2 is 2.08 bits per heavy atom. The van der Waals surface area contributed by atoms with E-state index in [4.69, 9.17) is 10.5 Å². The highest BCUT2D eigenvalue weighted by atomic mass is 19.1. The van der Waals surface area contributed by atoms with E-state index in [0.29, 0.717) is 23.4 Å². The number of aryl methyl sites for hydroxylation is 1. The van der Waals surface area contributed by atoms with Gasteiger partial charge in [-0.2, -0.15) is 0 Å². The molecule has 0 spiro atoms. The number of halogens is 1. The molecule has 1 aliphatic heterocycles. The average molecular weight is 330 g/mol. The maximum atomic E-state index is 14.9. The Balaban J connectivity index is 2.05. The third kappa shape index (κ3) is 2.93. The highest BCUT2D eigenvalue weighted by Crippen LogP contribution is 2.34. The highest BCUT2D eigenvalue weighted by Gasteiger charge is 2.24. The molecule has 7 heteroatoms. The zero-order valence-electron chi connectivity index (χ0n) is 14.6. The Morgan fingerprint density at radius 3 is 2.67 bits per heavy atom. The molecule has 0 radical (unpaired) electrons. The highest BCUT2D eigenvalue weighted by molar-refractivity contribution is 6.08. The lowest BCUT2D eigenvalue weighted by molar-refractivity contribution is 0.239. The molecule has 1 aromatic carbocycles. The van der Waals surface area contributed by atoms with Crippen molar-refractivity contribution in [2.24, 2.45) is 0 Å². The van der Waals surface area contributed by atoms with Crippen molar-refractivity contribution in [3.05, 3.63) is 23.3 Å². The molecule has 2 aromatic rings. The van der Waals surface area contributed by atoms with Crippen molar-refractivity contribution >= 4 is 24.6 Å². The first-order chi connectivity index (χ1) is 11.6. The van der Waals surface area contributed by atoms with Crippen LogP contribution in [0.25, 0.3) is 10.9 Å². The second-order valence-electron chi connectivity index (χ2n) is 6.31. The summed E-state index contributed by atoms with van der Waals surface area (Å²) in [5.41, 5.74) is 7.18. The predicted molar refractivity (Wildman–Crippen MR) is 96.8 cm³/mol. The van der Waals surface area contributed by atoms with Gasteiger partial charge in [-0.1, -0.05) is 6.92 Å². The lowest BCUT2D eigenvalue weighted by atomic mass is 9.94. The molecule has 0 bridgehead atoms. The molecule has 24 heavy (non-hydrogen) atoms. The molecule has 2 heterocycles. The maximum Gasteiger partial charge on any atom is 0.191 e. The summed E-state index contributed by atoms with van der Waals surface area (Å²) in [6, 6.07) is 1.84. The Hall–Kier alpha value is -1.89. The van der Waals surface area contributed by atoms with Crippen molar-refractivity contribution in [1.82, 2.24) is 14.9 Å². The number of anilines is 1. The van der Waals surface area contributed by atoms with Gasteiger partial charge in [0.1, 0.15) is 25.0 Å². The van der Waals surface area contributed by atoms with E-state index in [1.165, 1.54) is 7.11 Å². The Labute approximate surface area is 142 Å². The lowest BCUT2D eigenvalue weighted by Crippen LogP contribution is -2.34. The summed E-state index contributed by atoms with van der Waals surface area (Å²) in [6.45, 7) is 3.99. The topological polar surface area (TPSA) is 64.3 Å². The number of nitrogen functional groups attached to an aromatic ring is 1. The average Bonchev–Trinajstić information content (AvgIpc) is 2.62. The summed E-state index contributed by atoms with van der Waals surface area (Å²) in [5, 5.41) is 0.569. The molecule has 0 aliphatic carbocycles. The van der Waals surface area contributed by atoms with Crippen molar-refractivity contribution in [2.75, 3.05) is 32.4 Å². The minimum absolute atomic E-state index is 0.232. The normalized spacial score (nSPS) is 16.6. The number of ether oxygens (including phenoxy) is 1. The molecule has 2 N–H and O–H groups in total. The molecule has 0 atom stereocenters. The van der Waals surface area contributed by atoms with Crippen molar-refractivity contribution in [1.29, 1.82) is 0 Å². The molecule has 0 saturated carbocycles. The number of rotatable bonds is 4. The zero-order valence-corrected chi connectivity index (χ0v) is 14.6. The number of fused-ring (bicyclic) bond motifs is 1. The molecule has 1 aliphatic rings. The fourth-order valence-corrected chi connectivity index (χ4v) is 3.48. The summed E-state index contributed by atoms with van der Waals surface area (Å²) in [5.74, 6) is 1.06. The number of likely N-dealkylation sites (tertiary alicyclic amines) is 1. The smallest absolute Gasteiger partial charge is 0.191 e. The summed E-state index contributed by atoms with van der Waals surface area (Å²) < 4.78 is 20.1. The van der Waals surface area contributed by atoms with Gasteiger partial charge >= 0.3 is 0 Å². The van der Waals surface area contributed by atoms with Crippen LogP contribution in [-0.2, 0) is 6.42 Å². The number of aromatic nitrogens is 2. The van der Waals surface area contributed by atoms with Gasteiger partial charge in [-0.25, -0.2) is 14.4 Å². The number of hydrogen-bond donors (Lipinski definition) is 1. The van der Waals surface area contributed by atoms with Crippen molar-refractivity contribution < 1.29 is 9.13 Å². The van der Waals surface area contributed by atoms with E-state index in [9.17, 15) is 4.39 Å². The van der Waals surface area contributed by atoms with Gasteiger partial charge in [-0.3, -0.25) is 0 Å². The molecule has 128 valence electrons. The van der Waals surface area contributed by atoms with Crippen LogP contribution >= 0.6 is 0 Å². The standard InChI is InChI=1S/C17H24BFN4O/c1-3-10-8-12-14(13(19)15(10)24-2)21-17(22-16(12)20)11-4-6-23(9-18)7-5-11/h8,11H,3-7,9,18H2,1-2H3,(H2,20,21,22). The van der Waals surface area contributed by atoms with Gasteiger partial charge < -0.3 is 15.4 Å². The Kier molecular flexibility index (Phi) is 4.89. The summed E-state index contributed by atoms with van der Waals surface area (Å²) >= 11 is 0. The first-order valence-electron chi connectivity index (χ1n) is 8.63. The van der Waals surface area contributed by atoms with E-state index in [2.05, 4.69) is 22.7 Å². The van der Waals surface area contributed by atoms with Crippen molar-refractivity contribution in [2.45, 2.75) is 32.1 Å². The van der Waals surface area contributed by atoms with Gasteiger partial charge in [0.05, 0.1) is 7.11 Å². The van der Waals surface area contributed by atoms with Crippen LogP contribution in [0, 0.1) is 5.82 Å². The van der Waals surface area contributed by atoms with Crippen LogP contribution in [-0.4, -0.2) is 49.4 Å². The van der Waals surface area contributed by atoms with Crippen LogP contribution in [0.2, 0.25) is 0 Å². The van der Waals surface area contributed by atoms with Crippen LogP contribution in [0.5, 0.6) is 5.75 Å². The van der Waals surface area contributed by atoms with Crippen LogP contribution in [0.3, 0.4) is 0 Å². The summed E-state index contributed by atoms with van der Waals surface area (Å²) in [7, 11) is 3.65. The maximum absolute atomic E-state index is 14.9. The fraction of sp³-hybridized carbons (Fsp3) is 0.529. The number of nitrogens with two attached hydrogens (primary N) is 1. The Morgan fingerprint density at radius 1 is 1.38 bits per heavy atom. The first kappa shape index (κ1) is 17.0. The van der Waals surface area contributed by atoms with Gasteiger partial charge in [-0.05, 0) is 50.4 Å². The molecular formula is C17H24BFN4O.